The molecule has 10 heteroatoms. The van der Waals surface area contributed by atoms with Crippen molar-refractivity contribution in [1.29, 1.82) is 0 Å². The summed E-state index contributed by atoms with van der Waals surface area (Å²) in [4.78, 5) is 25.6. The Balaban J connectivity index is 2.13. The highest BCUT2D eigenvalue weighted by Gasteiger charge is 2.13. The summed E-state index contributed by atoms with van der Waals surface area (Å²) in [7, 11) is 1.23. The first kappa shape index (κ1) is 17.3. The molecule has 0 aliphatic heterocycles. The lowest BCUT2D eigenvalue weighted by Crippen LogP contribution is -2.18. The number of nitrogens with zero attached hydrogens (tertiary/aromatic N) is 3. The summed E-state index contributed by atoms with van der Waals surface area (Å²) in [6.07, 6.45) is 1.19. The fraction of sp³-hybridized carbons (Fsp3) is 0.0625. The number of ether oxygens (including phenoxy) is 1. The van der Waals surface area contributed by atoms with Crippen molar-refractivity contribution in [1.82, 2.24) is 9.66 Å². The number of aromatic nitrogens is 2. The van der Waals surface area contributed by atoms with Crippen LogP contribution in [0, 0.1) is 14.9 Å². The number of fused-ring (bicyclic) bond motifs is 1. The largest absolute Gasteiger partial charge is 0.865 e. The Hall–Kier alpha value is -3.53. The minimum atomic E-state index is -0.838. The number of benzene rings is 2. The molecule has 0 saturated carbocycles. The number of aromatic amines is 1. The predicted octanol–water partition coefficient (Wildman–Crippen LogP) is 1.93. The maximum absolute atomic E-state index is 12.5. The summed E-state index contributed by atoms with van der Waals surface area (Å²) in [5.74, 6) is -1.04. The molecule has 1 aromatic heterocycles. The van der Waals surface area contributed by atoms with E-state index < -0.39 is 21.9 Å². The molecule has 3 rings (SSSR count). The first-order valence-electron chi connectivity index (χ1n) is 7.24. The average Bonchev–Trinajstić information content (AvgIpc) is 2.62. The van der Waals surface area contributed by atoms with Crippen molar-refractivity contribution in [3.05, 3.63) is 67.2 Å². The van der Waals surface area contributed by atoms with Crippen molar-refractivity contribution in [2.75, 3.05) is 7.11 Å². The smallest absolute Gasteiger partial charge is 0.282 e. The SMILES string of the molecule is COc1cc(/C=N\n2c(=S)[nH]c3ccccc3c2=O)cc([N+](=O)[O-])c1[O-]. The van der Waals surface area contributed by atoms with E-state index in [0.717, 1.165) is 10.7 Å². The second kappa shape index (κ2) is 6.76. The van der Waals surface area contributed by atoms with E-state index >= 15 is 0 Å². The van der Waals surface area contributed by atoms with Crippen LogP contribution in [-0.2, 0) is 0 Å². The minimum absolute atomic E-state index is 0.0619. The van der Waals surface area contributed by atoms with Gasteiger partial charge in [0, 0.05) is 17.4 Å². The van der Waals surface area contributed by atoms with E-state index in [4.69, 9.17) is 17.0 Å². The number of hydrogen-bond acceptors (Lipinski definition) is 7. The lowest BCUT2D eigenvalue weighted by atomic mass is 10.2. The Morgan fingerprint density at radius 1 is 1.35 bits per heavy atom. The molecular formula is C16H11N4O5S-. The second-order valence-corrected chi connectivity index (χ2v) is 5.55. The highest BCUT2D eigenvalue weighted by atomic mass is 32.1. The maximum Gasteiger partial charge on any atom is 0.282 e. The number of hydrogen-bond donors (Lipinski definition) is 1. The van der Waals surface area contributed by atoms with Crippen LogP contribution in [0.25, 0.3) is 10.9 Å². The van der Waals surface area contributed by atoms with Crippen LogP contribution < -0.4 is 15.4 Å². The fourth-order valence-corrected chi connectivity index (χ4v) is 2.59. The molecule has 1 heterocycles. The number of rotatable bonds is 4. The lowest BCUT2D eigenvalue weighted by molar-refractivity contribution is -0.398. The number of para-hydroxylation sites is 1. The molecule has 0 atom stereocenters. The molecule has 9 nitrogen and oxygen atoms in total. The zero-order valence-electron chi connectivity index (χ0n) is 13.3. The van der Waals surface area contributed by atoms with E-state index in [1.54, 1.807) is 24.3 Å². The van der Waals surface area contributed by atoms with E-state index in [1.807, 2.05) is 0 Å². The third-order valence-corrected chi connectivity index (χ3v) is 3.86. The van der Waals surface area contributed by atoms with Crippen LogP contribution in [0.1, 0.15) is 5.56 Å². The van der Waals surface area contributed by atoms with E-state index in [9.17, 15) is 20.0 Å². The summed E-state index contributed by atoms with van der Waals surface area (Å²) in [5, 5.41) is 27.2. The Kier molecular flexibility index (Phi) is 4.50. The molecular weight excluding hydrogens is 360 g/mol. The topological polar surface area (TPSA) is 126 Å². The van der Waals surface area contributed by atoms with Crippen LogP contribution in [-0.4, -0.2) is 27.9 Å². The normalized spacial score (nSPS) is 11.1. The van der Waals surface area contributed by atoms with Gasteiger partial charge >= 0.3 is 0 Å². The molecule has 0 radical (unpaired) electrons. The van der Waals surface area contributed by atoms with Gasteiger partial charge in [0.05, 0.1) is 29.2 Å². The van der Waals surface area contributed by atoms with Gasteiger partial charge in [-0.1, -0.05) is 12.1 Å². The van der Waals surface area contributed by atoms with Gasteiger partial charge in [0.2, 0.25) is 4.77 Å². The summed E-state index contributed by atoms with van der Waals surface area (Å²) in [5.41, 5.74) is -0.311. The quantitative estimate of drug-likeness (QED) is 0.323. The number of nitro groups is 1. The first-order chi connectivity index (χ1) is 12.4. The number of H-pyrrole nitrogens is 1. The van der Waals surface area contributed by atoms with Crippen LogP contribution in [0.2, 0.25) is 0 Å². The summed E-state index contributed by atoms with van der Waals surface area (Å²) < 4.78 is 5.88. The molecule has 3 aromatic rings. The van der Waals surface area contributed by atoms with Gasteiger partial charge in [-0.05, 0) is 30.4 Å². The van der Waals surface area contributed by atoms with Gasteiger partial charge < -0.3 is 14.8 Å². The van der Waals surface area contributed by atoms with Crippen molar-refractivity contribution >= 4 is 35.0 Å². The monoisotopic (exact) mass is 371 g/mol. The van der Waals surface area contributed by atoms with Gasteiger partial charge in [-0.25, -0.2) is 0 Å². The van der Waals surface area contributed by atoms with Gasteiger partial charge in [-0.2, -0.15) is 9.78 Å². The molecule has 0 aliphatic rings. The zero-order chi connectivity index (χ0) is 18.8. The third kappa shape index (κ3) is 3.05. The van der Waals surface area contributed by atoms with Gasteiger partial charge in [0.1, 0.15) is 5.75 Å². The van der Waals surface area contributed by atoms with E-state index in [-0.39, 0.29) is 16.1 Å². The minimum Gasteiger partial charge on any atom is -0.865 e. The van der Waals surface area contributed by atoms with E-state index in [0.29, 0.717) is 10.9 Å². The first-order valence-corrected chi connectivity index (χ1v) is 7.65. The molecule has 0 bridgehead atoms. The van der Waals surface area contributed by atoms with Gasteiger partial charge in [0.25, 0.3) is 11.2 Å². The van der Waals surface area contributed by atoms with Crippen LogP contribution in [0.5, 0.6) is 11.5 Å². The molecule has 26 heavy (non-hydrogen) atoms. The predicted molar refractivity (Wildman–Crippen MR) is 95.5 cm³/mol. The van der Waals surface area contributed by atoms with Gasteiger partial charge in [0.15, 0.2) is 0 Å². The fourth-order valence-electron chi connectivity index (χ4n) is 2.35. The molecule has 2 aromatic carbocycles. The molecule has 0 spiro atoms. The number of nitro benzene ring substituents is 1. The Bertz CT molecular complexity index is 1170. The summed E-state index contributed by atoms with van der Waals surface area (Å²) in [6.45, 7) is 0. The summed E-state index contributed by atoms with van der Waals surface area (Å²) >= 11 is 5.13. The Morgan fingerprint density at radius 2 is 2.08 bits per heavy atom. The highest BCUT2D eigenvalue weighted by molar-refractivity contribution is 7.71. The van der Waals surface area contributed by atoms with E-state index in [2.05, 4.69) is 10.1 Å². The molecule has 0 fully saturated rings. The maximum atomic E-state index is 12.5. The molecule has 0 unspecified atom stereocenters. The van der Waals surface area contributed by atoms with E-state index in [1.165, 1.54) is 19.4 Å². The average molecular weight is 371 g/mol. The summed E-state index contributed by atoms with van der Waals surface area (Å²) in [6, 6.07) is 9.13. The lowest BCUT2D eigenvalue weighted by Gasteiger charge is -2.13. The Morgan fingerprint density at radius 3 is 2.77 bits per heavy atom. The molecule has 0 amide bonds. The van der Waals surface area contributed by atoms with Gasteiger partial charge in [-0.3, -0.25) is 14.9 Å². The second-order valence-electron chi connectivity index (χ2n) is 5.17. The molecule has 132 valence electrons. The van der Waals surface area contributed by atoms with Crippen LogP contribution in [0.3, 0.4) is 0 Å². The highest BCUT2D eigenvalue weighted by Crippen LogP contribution is 2.33. The van der Waals surface area contributed by atoms with Crippen molar-refractivity contribution in [2.24, 2.45) is 5.10 Å². The van der Waals surface area contributed by atoms with Crippen molar-refractivity contribution in [3.63, 3.8) is 0 Å². The Labute approximate surface area is 150 Å². The number of methoxy groups -OCH3 is 1. The molecule has 0 aliphatic carbocycles. The van der Waals surface area contributed by atoms with Crippen LogP contribution >= 0.6 is 12.2 Å². The third-order valence-electron chi connectivity index (χ3n) is 3.58. The standard InChI is InChI=1S/C16H12N4O5S/c1-25-13-7-9(6-12(14(13)21)20(23)24)8-17-19-15(22)10-4-2-3-5-11(10)18-16(19)26/h2-8,21H,1H3,(H,18,26)/p-1/b17-8-. The van der Waals surface area contributed by atoms with Crippen LogP contribution in [0.15, 0.2) is 46.3 Å². The number of nitrogens with one attached hydrogen (secondary N) is 1. The van der Waals surface area contributed by atoms with Crippen LogP contribution in [0.4, 0.5) is 5.69 Å². The molecule has 0 saturated heterocycles. The van der Waals surface area contributed by atoms with Gasteiger partial charge in [-0.15, -0.1) is 0 Å². The molecule has 1 N–H and O–H groups in total. The van der Waals surface area contributed by atoms with Crippen molar-refractivity contribution in [3.8, 4) is 11.5 Å². The zero-order valence-corrected chi connectivity index (χ0v) is 14.1. The van der Waals surface area contributed by atoms with Crippen molar-refractivity contribution < 1.29 is 14.8 Å². The van der Waals surface area contributed by atoms with Crippen molar-refractivity contribution in [2.45, 2.75) is 0 Å².